The number of nitrogen functional groups attached to an aromatic ring is 2. The molecule has 0 aliphatic carbocycles. The third-order valence-electron chi connectivity index (χ3n) is 1.89. The Morgan fingerprint density at radius 1 is 0.938 bits per heavy atom. The van der Waals surface area contributed by atoms with Crippen LogP contribution in [0.15, 0.2) is 36.4 Å². The molecule has 16 heavy (non-hydrogen) atoms. The van der Waals surface area contributed by atoms with Crippen molar-refractivity contribution in [3.63, 3.8) is 0 Å². The van der Waals surface area contributed by atoms with E-state index in [0.29, 0.717) is 28.2 Å². The Kier molecular flexibility index (Phi) is 2.83. The van der Waals surface area contributed by atoms with Crippen LogP contribution >= 0.6 is 11.6 Å². The lowest BCUT2D eigenvalue weighted by Crippen LogP contribution is -1.96. The number of nitrogens with two attached hydrogens (primary N) is 2. The lowest BCUT2D eigenvalue weighted by atomic mass is 10.3. The number of nitrogens with zero attached hydrogens (tertiary/aromatic N) is 1. The summed E-state index contributed by atoms with van der Waals surface area (Å²) in [6, 6.07) is 10.2. The zero-order chi connectivity index (χ0) is 11.5. The van der Waals surface area contributed by atoms with Crippen LogP contribution in [0, 0.1) is 0 Å². The molecule has 0 saturated carbocycles. The third-order valence-corrected chi connectivity index (χ3v) is 2.14. The Hall–Kier alpha value is -1.94. The maximum absolute atomic E-state index is 5.76. The maximum atomic E-state index is 5.76. The Bertz CT molecular complexity index is 479. The summed E-state index contributed by atoms with van der Waals surface area (Å²) < 4.78 is 5.54. The van der Waals surface area contributed by atoms with E-state index in [0.717, 1.165) is 0 Å². The summed E-state index contributed by atoms with van der Waals surface area (Å²) in [4.78, 5) is 3.84. The van der Waals surface area contributed by atoms with E-state index < -0.39 is 0 Å². The number of ether oxygens (including phenoxy) is 1. The minimum absolute atomic E-state index is 0.323. The van der Waals surface area contributed by atoms with Gasteiger partial charge in [-0.25, -0.2) is 4.98 Å². The maximum Gasteiger partial charge on any atom is 0.134 e. The fraction of sp³-hybridized carbons (Fsp3) is 0. The molecule has 0 fully saturated rings. The van der Waals surface area contributed by atoms with Crippen LogP contribution in [-0.2, 0) is 0 Å². The smallest absolute Gasteiger partial charge is 0.134 e. The van der Waals surface area contributed by atoms with E-state index in [2.05, 4.69) is 4.98 Å². The summed E-state index contributed by atoms with van der Waals surface area (Å²) in [5.41, 5.74) is 11.1. The molecule has 0 atom stereocenters. The van der Waals surface area contributed by atoms with Crippen LogP contribution in [-0.4, -0.2) is 4.98 Å². The van der Waals surface area contributed by atoms with E-state index in [1.165, 1.54) is 0 Å². The highest BCUT2D eigenvalue weighted by Crippen LogP contribution is 2.25. The Morgan fingerprint density at radius 2 is 1.50 bits per heavy atom. The first-order chi connectivity index (χ1) is 7.63. The topological polar surface area (TPSA) is 74.2 Å². The molecule has 0 aliphatic heterocycles. The van der Waals surface area contributed by atoms with Gasteiger partial charge in [-0.2, -0.15) is 0 Å². The molecule has 0 amide bonds. The van der Waals surface area contributed by atoms with Crippen LogP contribution in [0.25, 0.3) is 0 Å². The zero-order valence-corrected chi connectivity index (χ0v) is 9.11. The second-order valence-electron chi connectivity index (χ2n) is 3.21. The van der Waals surface area contributed by atoms with Crippen molar-refractivity contribution in [2.75, 3.05) is 11.5 Å². The van der Waals surface area contributed by atoms with Crippen LogP contribution in [0.4, 0.5) is 11.6 Å². The van der Waals surface area contributed by atoms with E-state index >= 15 is 0 Å². The largest absolute Gasteiger partial charge is 0.457 e. The molecule has 0 bridgehead atoms. The number of aromatic nitrogens is 1. The first-order valence-electron chi connectivity index (χ1n) is 4.60. The van der Waals surface area contributed by atoms with Crippen LogP contribution in [0.5, 0.6) is 11.5 Å². The summed E-state index contributed by atoms with van der Waals surface area (Å²) >= 11 is 5.76. The van der Waals surface area contributed by atoms with Crippen molar-refractivity contribution in [3.8, 4) is 11.5 Å². The van der Waals surface area contributed by atoms with E-state index in [9.17, 15) is 0 Å². The second-order valence-corrected chi connectivity index (χ2v) is 3.64. The predicted molar refractivity (Wildman–Crippen MR) is 64.6 cm³/mol. The lowest BCUT2D eigenvalue weighted by Gasteiger charge is -2.06. The number of anilines is 2. The van der Waals surface area contributed by atoms with Gasteiger partial charge in [-0.15, -0.1) is 0 Å². The molecule has 0 aliphatic rings. The number of halogens is 1. The molecule has 4 N–H and O–H groups in total. The molecular formula is C11H10ClN3O. The average molecular weight is 236 g/mol. The Morgan fingerprint density at radius 3 is 2.06 bits per heavy atom. The van der Waals surface area contributed by atoms with Gasteiger partial charge >= 0.3 is 0 Å². The lowest BCUT2D eigenvalue weighted by molar-refractivity contribution is 0.483. The van der Waals surface area contributed by atoms with Crippen molar-refractivity contribution in [2.45, 2.75) is 0 Å². The van der Waals surface area contributed by atoms with Gasteiger partial charge in [-0.3, -0.25) is 0 Å². The molecule has 2 aromatic rings. The number of rotatable bonds is 2. The van der Waals surface area contributed by atoms with Crippen molar-refractivity contribution in [2.24, 2.45) is 0 Å². The predicted octanol–water partition coefficient (Wildman–Crippen LogP) is 2.69. The monoisotopic (exact) mass is 235 g/mol. The second kappa shape index (κ2) is 4.28. The third kappa shape index (κ3) is 2.55. The number of hydrogen-bond acceptors (Lipinski definition) is 4. The summed E-state index contributed by atoms with van der Waals surface area (Å²) in [6.45, 7) is 0. The summed E-state index contributed by atoms with van der Waals surface area (Å²) in [7, 11) is 0. The van der Waals surface area contributed by atoms with Gasteiger partial charge in [0.05, 0.1) is 0 Å². The Labute approximate surface area is 97.8 Å². The molecule has 1 aromatic carbocycles. The van der Waals surface area contributed by atoms with Crippen molar-refractivity contribution in [1.82, 2.24) is 4.98 Å². The highest BCUT2D eigenvalue weighted by atomic mass is 35.5. The van der Waals surface area contributed by atoms with Crippen LogP contribution in [0.1, 0.15) is 0 Å². The van der Waals surface area contributed by atoms with Crippen molar-refractivity contribution in [3.05, 3.63) is 41.4 Å². The fourth-order valence-corrected chi connectivity index (χ4v) is 1.37. The molecule has 0 spiro atoms. The van der Waals surface area contributed by atoms with E-state index in [-0.39, 0.29) is 0 Å². The number of hydrogen-bond donors (Lipinski definition) is 2. The number of benzene rings is 1. The van der Waals surface area contributed by atoms with E-state index in [1.807, 2.05) is 0 Å². The van der Waals surface area contributed by atoms with Gasteiger partial charge in [0.25, 0.3) is 0 Å². The first-order valence-corrected chi connectivity index (χ1v) is 4.98. The van der Waals surface area contributed by atoms with Gasteiger partial charge in [0.15, 0.2) is 0 Å². The fourth-order valence-electron chi connectivity index (χ4n) is 1.24. The Balaban J connectivity index is 2.23. The minimum atomic E-state index is 0.323. The average Bonchev–Trinajstić information content (AvgIpc) is 2.20. The van der Waals surface area contributed by atoms with Crippen LogP contribution in [0.2, 0.25) is 5.02 Å². The minimum Gasteiger partial charge on any atom is -0.457 e. The normalized spacial score (nSPS) is 10.1. The molecular weight excluding hydrogens is 226 g/mol. The van der Waals surface area contributed by atoms with Gasteiger partial charge in [0.2, 0.25) is 0 Å². The first kappa shape index (κ1) is 10.6. The highest BCUT2D eigenvalue weighted by Gasteiger charge is 2.00. The zero-order valence-electron chi connectivity index (χ0n) is 8.35. The highest BCUT2D eigenvalue weighted by molar-refractivity contribution is 6.30. The van der Waals surface area contributed by atoms with Gasteiger partial charge in [-0.05, 0) is 24.3 Å². The van der Waals surface area contributed by atoms with E-state index in [1.54, 1.807) is 36.4 Å². The molecule has 0 unspecified atom stereocenters. The van der Waals surface area contributed by atoms with Crippen molar-refractivity contribution < 1.29 is 4.74 Å². The molecule has 1 heterocycles. The van der Waals surface area contributed by atoms with Crippen molar-refractivity contribution >= 4 is 23.2 Å². The molecule has 0 saturated heterocycles. The number of pyridine rings is 1. The van der Waals surface area contributed by atoms with Gasteiger partial charge < -0.3 is 16.2 Å². The standard InChI is InChI=1S/C11H10ClN3O/c12-7-1-3-8(4-2-7)16-9-5-10(13)15-11(14)6-9/h1-6H,(H4,13,14,15). The summed E-state index contributed by atoms with van der Waals surface area (Å²) in [5, 5.41) is 0.654. The van der Waals surface area contributed by atoms with Crippen LogP contribution in [0.3, 0.4) is 0 Å². The van der Waals surface area contributed by atoms with Crippen LogP contribution < -0.4 is 16.2 Å². The molecule has 0 radical (unpaired) electrons. The molecule has 5 heteroatoms. The SMILES string of the molecule is Nc1cc(Oc2ccc(Cl)cc2)cc(N)n1. The summed E-state index contributed by atoms with van der Waals surface area (Å²) in [5.74, 6) is 1.86. The van der Waals surface area contributed by atoms with Crippen molar-refractivity contribution in [1.29, 1.82) is 0 Å². The van der Waals surface area contributed by atoms with Gasteiger partial charge in [-0.1, -0.05) is 11.6 Å². The van der Waals surface area contributed by atoms with E-state index in [4.69, 9.17) is 27.8 Å². The molecule has 82 valence electrons. The molecule has 4 nitrogen and oxygen atoms in total. The molecule has 1 aromatic heterocycles. The molecule has 2 rings (SSSR count). The van der Waals surface area contributed by atoms with Gasteiger partial charge in [0, 0.05) is 17.2 Å². The van der Waals surface area contributed by atoms with Gasteiger partial charge in [0.1, 0.15) is 23.1 Å². The summed E-state index contributed by atoms with van der Waals surface area (Å²) in [6.07, 6.45) is 0. The quantitative estimate of drug-likeness (QED) is 0.839.